The zero-order valence-corrected chi connectivity index (χ0v) is 13.3. The van der Waals surface area contributed by atoms with Crippen molar-refractivity contribution in [1.29, 1.82) is 0 Å². The first-order valence-electron chi connectivity index (χ1n) is 5.83. The van der Waals surface area contributed by atoms with E-state index in [1.54, 1.807) is 24.3 Å². The molecule has 5 heteroatoms. The van der Waals surface area contributed by atoms with E-state index >= 15 is 0 Å². The van der Waals surface area contributed by atoms with Crippen LogP contribution in [-0.4, -0.2) is 26.6 Å². The van der Waals surface area contributed by atoms with Crippen molar-refractivity contribution in [3.8, 4) is 5.75 Å². The summed E-state index contributed by atoms with van der Waals surface area (Å²) in [6.07, 6.45) is 1.20. The number of rotatable bonds is 6. The third kappa shape index (κ3) is 4.61. The molecule has 3 nitrogen and oxygen atoms in total. The predicted molar refractivity (Wildman–Crippen MR) is 77.2 cm³/mol. The van der Waals surface area contributed by atoms with Crippen LogP contribution in [0.2, 0.25) is 0 Å². The molecule has 102 valence electrons. The van der Waals surface area contributed by atoms with Crippen molar-refractivity contribution in [2.75, 3.05) is 18.2 Å². The normalized spacial score (nSPS) is 13.6. The molecule has 0 bridgehead atoms. The number of halogens is 1. The molecular weight excluding hydrogens is 316 g/mol. The van der Waals surface area contributed by atoms with Crippen molar-refractivity contribution >= 4 is 25.8 Å². The van der Waals surface area contributed by atoms with E-state index in [0.29, 0.717) is 29.1 Å². The Bertz CT molecular complexity index is 466. The van der Waals surface area contributed by atoms with Crippen LogP contribution in [0.3, 0.4) is 0 Å². The van der Waals surface area contributed by atoms with Crippen LogP contribution in [0.5, 0.6) is 5.75 Å². The van der Waals surface area contributed by atoms with E-state index in [1.165, 1.54) is 6.26 Å². The quantitative estimate of drug-likeness (QED) is 0.750. The van der Waals surface area contributed by atoms with Gasteiger partial charge < -0.3 is 4.74 Å². The number of hydrogen-bond acceptors (Lipinski definition) is 3. The lowest BCUT2D eigenvalue weighted by Gasteiger charge is -2.18. The van der Waals surface area contributed by atoms with Gasteiger partial charge in [-0.3, -0.25) is 0 Å². The van der Waals surface area contributed by atoms with Gasteiger partial charge in [0.25, 0.3) is 0 Å². The zero-order chi connectivity index (χ0) is 13.8. The first kappa shape index (κ1) is 15.5. The van der Waals surface area contributed by atoms with E-state index in [4.69, 9.17) is 4.74 Å². The van der Waals surface area contributed by atoms with Gasteiger partial charge in [-0.1, -0.05) is 29.8 Å². The lowest BCUT2D eigenvalue weighted by Crippen LogP contribution is -2.19. The van der Waals surface area contributed by atoms with Gasteiger partial charge in [-0.05, 0) is 30.2 Å². The molecule has 1 aromatic carbocycles. The Morgan fingerprint density at radius 3 is 2.17 bits per heavy atom. The van der Waals surface area contributed by atoms with Crippen LogP contribution in [0.15, 0.2) is 29.2 Å². The summed E-state index contributed by atoms with van der Waals surface area (Å²) >= 11 is 3.47. The van der Waals surface area contributed by atoms with Gasteiger partial charge in [-0.15, -0.1) is 0 Å². The third-order valence-corrected chi connectivity index (χ3v) is 4.82. The minimum atomic E-state index is -3.13. The van der Waals surface area contributed by atoms with Crippen molar-refractivity contribution in [1.82, 2.24) is 0 Å². The maximum atomic E-state index is 11.3. The van der Waals surface area contributed by atoms with Crippen LogP contribution in [0.4, 0.5) is 0 Å². The van der Waals surface area contributed by atoms with E-state index in [2.05, 4.69) is 29.8 Å². The molecule has 0 aliphatic heterocycles. The van der Waals surface area contributed by atoms with Gasteiger partial charge in [0.2, 0.25) is 0 Å². The maximum absolute atomic E-state index is 11.3. The SMILES string of the molecule is CC(C)C(CBr)COc1ccc(S(C)(=O)=O)cc1. The van der Waals surface area contributed by atoms with Crippen molar-refractivity contribution in [3.05, 3.63) is 24.3 Å². The topological polar surface area (TPSA) is 43.4 Å². The second-order valence-electron chi connectivity index (χ2n) is 4.71. The molecule has 1 rings (SSSR count). The first-order valence-corrected chi connectivity index (χ1v) is 8.84. The van der Waals surface area contributed by atoms with Gasteiger partial charge in [0.1, 0.15) is 5.75 Å². The average molecular weight is 335 g/mol. The van der Waals surface area contributed by atoms with Gasteiger partial charge in [0.15, 0.2) is 9.84 Å². The highest BCUT2D eigenvalue weighted by atomic mass is 79.9. The Hall–Kier alpha value is -0.550. The molecule has 1 aromatic rings. The first-order chi connectivity index (χ1) is 8.34. The molecule has 0 amide bonds. The number of ether oxygens (including phenoxy) is 1. The highest BCUT2D eigenvalue weighted by molar-refractivity contribution is 9.09. The fourth-order valence-corrected chi connectivity index (χ4v) is 2.97. The van der Waals surface area contributed by atoms with Crippen LogP contribution in [-0.2, 0) is 9.84 Å². The summed E-state index contributed by atoms with van der Waals surface area (Å²) in [5, 5.41) is 0.895. The number of alkyl halides is 1. The summed E-state index contributed by atoms with van der Waals surface area (Å²) in [4.78, 5) is 0.316. The van der Waals surface area contributed by atoms with Crippen molar-refractivity contribution < 1.29 is 13.2 Å². The summed E-state index contributed by atoms with van der Waals surface area (Å²) < 4.78 is 28.3. The maximum Gasteiger partial charge on any atom is 0.175 e. The fourth-order valence-electron chi connectivity index (χ4n) is 1.40. The van der Waals surface area contributed by atoms with E-state index in [9.17, 15) is 8.42 Å². The summed E-state index contributed by atoms with van der Waals surface area (Å²) in [7, 11) is -3.13. The smallest absolute Gasteiger partial charge is 0.175 e. The van der Waals surface area contributed by atoms with Crippen LogP contribution < -0.4 is 4.74 Å². The Morgan fingerprint density at radius 2 is 1.78 bits per heavy atom. The van der Waals surface area contributed by atoms with Crippen LogP contribution >= 0.6 is 15.9 Å². The van der Waals surface area contributed by atoms with Crippen molar-refractivity contribution in [2.45, 2.75) is 18.7 Å². The predicted octanol–water partition coefficient (Wildman–Crippen LogP) is 3.14. The Labute approximate surface area is 118 Å². The summed E-state index contributed by atoms with van der Waals surface area (Å²) in [5.74, 6) is 1.69. The monoisotopic (exact) mass is 334 g/mol. The van der Waals surface area contributed by atoms with Gasteiger partial charge in [-0.25, -0.2) is 8.42 Å². The van der Waals surface area contributed by atoms with E-state index in [1.807, 2.05) is 0 Å². The molecule has 0 aliphatic rings. The van der Waals surface area contributed by atoms with Crippen molar-refractivity contribution in [2.24, 2.45) is 11.8 Å². The lowest BCUT2D eigenvalue weighted by atomic mass is 9.99. The van der Waals surface area contributed by atoms with E-state index in [0.717, 1.165) is 5.33 Å². The largest absolute Gasteiger partial charge is 0.493 e. The fraction of sp³-hybridized carbons (Fsp3) is 0.538. The molecule has 0 fully saturated rings. The minimum Gasteiger partial charge on any atom is -0.493 e. The highest BCUT2D eigenvalue weighted by Gasteiger charge is 2.13. The average Bonchev–Trinajstić information content (AvgIpc) is 2.29. The molecule has 0 saturated heterocycles. The van der Waals surface area contributed by atoms with E-state index < -0.39 is 9.84 Å². The molecule has 0 saturated carbocycles. The Morgan fingerprint density at radius 1 is 1.22 bits per heavy atom. The molecular formula is C13H19BrO3S. The van der Waals surface area contributed by atoms with Crippen molar-refractivity contribution in [3.63, 3.8) is 0 Å². The summed E-state index contributed by atoms with van der Waals surface area (Å²) in [5.41, 5.74) is 0. The minimum absolute atomic E-state index is 0.316. The van der Waals surface area contributed by atoms with Crippen LogP contribution in [0, 0.1) is 11.8 Å². The highest BCUT2D eigenvalue weighted by Crippen LogP contribution is 2.19. The van der Waals surface area contributed by atoms with E-state index in [-0.39, 0.29) is 0 Å². The second-order valence-corrected chi connectivity index (χ2v) is 7.38. The molecule has 0 spiro atoms. The van der Waals surface area contributed by atoms with Gasteiger partial charge in [0.05, 0.1) is 11.5 Å². The summed E-state index contributed by atoms with van der Waals surface area (Å²) in [6, 6.07) is 6.54. The van der Waals surface area contributed by atoms with Gasteiger partial charge in [-0.2, -0.15) is 0 Å². The van der Waals surface area contributed by atoms with Crippen LogP contribution in [0.25, 0.3) is 0 Å². The van der Waals surface area contributed by atoms with Gasteiger partial charge in [0, 0.05) is 17.5 Å². The Balaban J connectivity index is 2.65. The molecule has 0 heterocycles. The standard InChI is InChI=1S/C13H19BrO3S/c1-10(2)11(8-14)9-17-12-4-6-13(7-5-12)18(3,15)16/h4-7,10-11H,8-9H2,1-3H3. The molecule has 1 atom stereocenters. The number of benzene rings is 1. The molecule has 0 aliphatic carbocycles. The molecule has 18 heavy (non-hydrogen) atoms. The lowest BCUT2D eigenvalue weighted by molar-refractivity contribution is 0.227. The second kappa shape index (κ2) is 6.57. The zero-order valence-electron chi connectivity index (χ0n) is 10.9. The summed E-state index contributed by atoms with van der Waals surface area (Å²) in [6.45, 7) is 4.94. The Kier molecular flexibility index (Phi) is 5.66. The molecule has 0 aromatic heterocycles. The third-order valence-electron chi connectivity index (χ3n) is 2.86. The number of hydrogen-bond donors (Lipinski definition) is 0. The van der Waals surface area contributed by atoms with Gasteiger partial charge >= 0.3 is 0 Å². The number of sulfone groups is 1. The molecule has 1 unspecified atom stereocenters. The molecule has 0 N–H and O–H groups in total. The molecule has 0 radical (unpaired) electrons. The van der Waals surface area contributed by atoms with Crippen LogP contribution in [0.1, 0.15) is 13.8 Å².